The Bertz CT molecular complexity index is 383. The van der Waals surface area contributed by atoms with Crippen LogP contribution < -0.4 is 5.32 Å². The fraction of sp³-hybridized carbons (Fsp3) is 0.200. The van der Waals surface area contributed by atoms with Crippen LogP contribution in [0, 0.1) is 6.92 Å². The zero-order valence-electron chi connectivity index (χ0n) is 8.08. The quantitative estimate of drug-likeness (QED) is 0.777. The Hall–Kier alpha value is -1.55. The highest BCUT2D eigenvalue weighted by Crippen LogP contribution is 2.25. The number of hydrogen-bond donors (Lipinski definition) is 2. The van der Waals surface area contributed by atoms with Crippen LogP contribution in [-0.2, 0) is 9.59 Å². The van der Waals surface area contributed by atoms with E-state index in [0.717, 1.165) is 5.56 Å². The maximum atomic E-state index is 11.2. The van der Waals surface area contributed by atoms with Gasteiger partial charge in [0.1, 0.15) is 6.42 Å². The van der Waals surface area contributed by atoms with Crippen molar-refractivity contribution in [1.29, 1.82) is 0 Å². The molecule has 15 heavy (non-hydrogen) atoms. The summed E-state index contributed by atoms with van der Waals surface area (Å²) in [4.78, 5) is 21.5. The van der Waals surface area contributed by atoms with Crippen molar-refractivity contribution in [2.75, 3.05) is 5.32 Å². The summed E-state index contributed by atoms with van der Waals surface area (Å²) in [5, 5.41) is 11.3. The summed E-state index contributed by atoms with van der Waals surface area (Å²) in [6.07, 6.45) is -0.565. The third-order valence-electron chi connectivity index (χ3n) is 1.80. The molecule has 0 spiro atoms. The van der Waals surface area contributed by atoms with Crippen molar-refractivity contribution < 1.29 is 14.7 Å². The smallest absolute Gasteiger partial charge is 0.312 e. The van der Waals surface area contributed by atoms with Crippen LogP contribution in [0.4, 0.5) is 5.69 Å². The Morgan fingerprint density at radius 3 is 2.67 bits per heavy atom. The van der Waals surface area contributed by atoms with Gasteiger partial charge in [-0.2, -0.15) is 0 Å². The number of carbonyl (C=O) groups excluding carboxylic acids is 1. The molecule has 5 heteroatoms. The molecule has 0 aliphatic carbocycles. The number of rotatable bonds is 3. The molecule has 1 amide bonds. The largest absolute Gasteiger partial charge is 0.481 e. The van der Waals surface area contributed by atoms with Gasteiger partial charge in [0.2, 0.25) is 5.91 Å². The van der Waals surface area contributed by atoms with Crippen molar-refractivity contribution in [1.82, 2.24) is 0 Å². The van der Waals surface area contributed by atoms with Crippen LogP contribution in [0.1, 0.15) is 12.0 Å². The predicted molar refractivity (Wildman–Crippen MR) is 57.1 cm³/mol. The molecule has 0 unspecified atom stereocenters. The Balaban J connectivity index is 2.80. The number of hydrogen-bond acceptors (Lipinski definition) is 2. The number of carboxylic acids is 1. The lowest BCUT2D eigenvalue weighted by atomic mass is 10.2. The molecule has 0 aliphatic rings. The van der Waals surface area contributed by atoms with Gasteiger partial charge in [0.05, 0.1) is 10.7 Å². The van der Waals surface area contributed by atoms with Crippen LogP contribution in [0.25, 0.3) is 0 Å². The summed E-state index contributed by atoms with van der Waals surface area (Å²) in [5.74, 6) is -1.75. The van der Waals surface area contributed by atoms with E-state index in [4.69, 9.17) is 16.7 Å². The summed E-state index contributed by atoms with van der Waals surface area (Å²) in [6, 6.07) is 5.16. The van der Waals surface area contributed by atoms with E-state index in [-0.39, 0.29) is 0 Å². The van der Waals surface area contributed by atoms with Crippen LogP contribution in [0.2, 0.25) is 5.02 Å². The van der Waals surface area contributed by atoms with E-state index in [1.807, 2.05) is 0 Å². The second kappa shape index (κ2) is 4.79. The minimum absolute atomic E-state index is 0.397. The maximum Gasteiger partial charge on any atom is 0.312 e. The number of nitrogens with one attached hydrogen (secondary N) is 1. The number of amides is 1. The second-order valence-electron chi connectivity index (χ2n) is 3.05. The summed E-state index contributed by atoms with van der Waals surface area (Å²) < 4.78 is 0. The zero-order chi connectivity index (χ0) is 11.4. The Labute approximate surface area is 91.9 Å². The molecule has 0 aromatic heterocycles. The fourth-order valence-electron chi connectivity index (χ4n) is 1.11. The molecule has 0 radical (unpaired) electrons. The number of aliphatic carboxylic acids is 1. The Morgan fingerprint density at radius 2 is 2.13 bits per heavy atom. The Kier molecular flexibility index (Phi) is 3.68. The van der Waals surface area contributed by atoms with E-state index in [0.29, 0.717) is 10.7 Å². The zero-order valence-corrected chi connectivity index (χ0v) is 8.84. The van der Waals surface area contributed by atoms with Crippen LogP contribution in [0.5, 0.6) is 0 Å². The molecular weight excluding hydrogens is 218 g/mol. The number of para-hydroxylation sites is 1. The number of aryl methyl sites for hydroxylation is 1. The standard InChI is InChI=1S/C10H10ClNO3/c1-6-3-2-4-7(11)10(6)12-8(13)5-9(14)15/h2-4H,5H2,1H3,(H,12,13)(H,14,15). The monoisotopic (exact) mass is 227 g/mol. The predicted octanol–water partition coefficient (Wildman–Crippen LogP) is 2.06. The molecule has 0 saturated carbocycles. The first-order valence-corrected chi connectivity index (χ1v) is 4.65. The third kappa shape index (κ3) is 3.25. The molecule has 1 aromatic rings. The highest BCUT2D eigenvalue weighted by atomic mass is 35.5. The van der Waals surface area contributed by atoms with Crippen LogP contribution >= 0.6 is 11.6 Å². The molecule has 0 bridgehead atoms. The third-order valence-corrected chi connectivity index (χ3v) is 2.11. The van der Waals surface area contributed by atoms with Gasteiger partial charge in [0, 0.05) is 0 Å². The van der Waals surface area contributed by atoms with E-state index >= 15 is 0 Å². The topological polar surface area (TPSA) is 66.4 Å². The lowest BCUT2D eigenvalue weighted by molar-refractivity contribution is -0.139. The molecule has 0 atom stereocenters. The van der Waals surface area contributed by atoms with Gasteiger partial charge in [-0.05, 0) is 18.6 Å². The van der Waals surface area contributed by atoms with Crippen molar-refractivity contribution in [3.8, 4) is 0 Å². The number of halogens is 1. The summed E-state index contributed by atoms with van der Waals surface area (Å²) in [7, 11) is 0. The van der Waals surface area contributed by atoms with Gasteiger partial charge in [0.15, 0.2) is 0 Å². The Morgan fingerprint density at radius 1 is 1.47 bits per heavy atom. The van der Waals surface area contributed by atoms with Crippen molar-refractivity contribution in [2.45, 2.75) is 13.3 Å². The van der Waals surface area contributed by atoms with Crippen molar-refractivity contribution in [2.24, 2.45) is 0 Å². The molecule has 4 nitrogen and oxygen atoms in total. The van der Waals surface area contributed by atoms with E-state index < -0.39 is 18.3 Å². The summed E-state index contributed by atoms with van der Waals surface area (Å²) in [6.45, 7) is 1.78. The average molecular weight is 228 g/mol. The highest BCUT2D eigenvalue weighted by molar-refractivity contribution is 6.34. The number of carboxylic acid groups (broad SMARTS) is 1. The van der Waals surface area contributed by atoms with Crippen molar-refractivity contribution in [3.05, 3.63) is 28.8 Å². The summed E-state index contributed by atoms with van der Waals surface area (Å²) >= 11 is 5.85. The molecule has 0 heterocycles. The van der Waals surface area contributed by atoms with Crippen molar-refractivity contribution >= 4 is 29.2 Å². The first kappa shape index (κ1) is 11.5. The maximum absolute atomic E-state index is 11.2. The summed E-state index contributed by atoms with van der Waals surface area (Å²) in [5.41, 5.74) is 1.26. The molecule has 0 fully saturated rings. The second-order valence-corrected chi connectivity index (χ2v) is 3.46. The normalized spacial score (nSPS) is 9.73. The van der Waals surface area contributed by atoms with Gasteiger partial charge >= 0.3 is 5.97 Å². The molecule has 0 aliphatic heterocycles. The van der Waals surface area contributed by atoms with E-state index in [1.54, 1.807) is 25.1 Å². The average Bonchev–Trinajstić information content (AvgIpc) is 2.10. The fourth-order valence-corrected chi connectivity index (χ4v) is 1.38. The minimum Gasteiger partial charge on any atom is -0.481 e. The molecular formula is C10H10ClNO3. The van der Waals surface area contributed by atoms with E-state index in [1.165, 1.54) is 0 Å². The van der Waals surface area contributed by atoms with Gasteiger partial charge in [-0.25, -0.2) is 0 Å². The van der Waals surface area contributed by atoms with Crippen LogP contribution in [0.15, 0.2) is 18.2 Å². The van der Waals surface area contributed by atoms with Gasteiger partial charge in [-0.15, -0.1) is 0 Å². The lowest BCUT2D eigenvalue weighted by Gasteiger charge is -2.08. The first-order valence-electron chi connectivity index (χ1n) is 4.27. The highest BCUT2D eigenvalue weighted by Gasteiger charge is 2.11. The molecule has 80 valence electrons. The van der Waals surface area contributed by atoms with E-state index in [2.05, 4.69) is 5.32 Å². The number of anilines is 1. The van der Waals surface area contributed by atoms with Crippen LogP contribution in [0.3, 0.4) is 0 Å². The number of benzene rings is 1. The first-order chi connectivity index (χ1) is 7.00. The van der Waals surface area contributed by atoms with Gasteiger partial charge in [0.25, 0.3) is 0 Å². The number of carbonyl (C=O) groups is 2. The molecule has 1 rings (SSSR count). The van der Waals surface area contributed by atoms with E-state index in [9.17, 15) is 9.59 Å². The van der Waals surface area contributed by atoms with Crippen molar-refractivity contribution in [3.63, 3.8) is 0 Å². The minimum atomic E-state index is -1.17. The molecule has 2 N–H and O–H groups in total. The lowest BCUT2D eigenvalue weighted by Crippen LogP contribution is -2.16. The van der Waals surface area contributed by atoms with Gasteiger partial charge < -0.3 is 10.4 Å². The van der Waals surface area contributed by atoms with Crippen LogP contribution in [-0.4, -0.2) is 17.0 Å². The van der Waals surface area contributed by atoms with Gasteiger partial charge in [-0.3, -0.25) is 9.59 Å². The SMILES string of the molecule is Cc1cccc(Cl)c1NC(=O)CC(=O)O. The molecule has 1 aromatic carbocycles. The van der Waals surface area contributed by atoms with Gasteiger partial charge in [-0.1, -0.05) is 23.7 Å². The molecule has 0 saturated heterocycles.